The molecule has 0 aromatic heterocycles. The minimum absolute atomic E-state index is 0.565. The molecule has 1 atom stereocenters. The SMILES string of the molecule is CCCNC(CCCOCC)Cc1c(C)cccc1C. The Morgan fingerprint density at radius 2 is 1.85 bits per heavy atom. The summed E-state index contributed by atoms with van der Waals surface area (Å²) < 4.78 is 5.46. The normalized spacial score (nSPS) is 12.6. The van der Waals surface area contributed by atoms with Gasteiger partial charge in [0.25, 0.3) is 0 Å². The molecule has 1 aromatic carbocycles. The molecule has 1 N–H and O–H groups in total. The van der Waals surface area contributed by atoms with Crippen LogP contribution in [-0.2, 0) is 11.2 Å². The third-order valence-electron chi connectivity index (χ3n) is 3.82. The fourth-order valence-corrected chi connectivity index (χ4v) is 2.62. The quantitative estimate of drug-likeness (QED) is 0.652. The Hall–Kier alpha value is -0.860. The summed E-state index contributed by atoms with van der Waals surface area (Å²) in [5, 5.41) is 3.69. The molecular weight excluding hydrogens is 246 g/mol. The van der Waals surface area contributed by atoms with Crippen LogP contribution in [0, 0.1) is 13.8 Å². The monoisotopic (exact) mass is 277 g/mol. The number of hydrogen-bond donors (Lipinski definition) is 1. The molecule has 0 spiro atoms. The lowest BCUT2D eigenvalue weighted by atomic mass is 9.94. The maximum atomic E-state index is 5.46. The van der Waals surface area contributed by atoms with Crippen LogP contribution in [0.4, 0.5) is 0 Å². The summed E-state index contributed by atoms with van der Waals surface area (Å²) >= 11 is 0. The molecule has 0 amide bonds. The minimum Gasteiger partial charge on any atom is -0.382 e. The van der Waals surface area contributed by atoms with Crippen LogP contribution >= 0.6 is 0 Å². The number of ether oxygens (including phenoxy) is 1. The lowest BCUT2D eigenvalue weighted by Crippen LogP contribution is -2.32. The van der Waals surface area contributed by atoms with E-state index in [-0.39, 0.29) is 0 Å². The third-order valence-corrected chi connectivity index (χ3v) is 3.82. The zero-order valence-electron chi connectivity index (χ0n) is 13.7. The summed E-state index contributed by atoms with van der Waals surface area (Å²) in [6.07, 6.45) is 4.65. The van der Waals surface area contributed by atoms with Gasteiger partial charge < -0.3 is 10.1 Å². The first-order chi connectivity index (χ1) is 9.69. The van der Waals surface area contributed by atoms with Crippen LogP contribution in [0.15, 0.2) is 18.2 Å². The summed E-state index contributed by atoms with van der Waals surface area (Å²) in [6, 6.07) is 7.16. The number of benzene rings is 1. The van der Waals surface area contributed by atoms with E-state index in [0.717, 1.165) is 32.6 Å². The summed E-state index contributed by atoms with van der Waals surface area (Å²) in [6.45, 7) is 11.5. The molecule has 0 saturated heterocycles. The molecule has 1 aromatic rings. The summed E-state index contributed by atoms with van der Waals surface area (Å²) in [4.78, 5) is 0. The Kier molecular flexibility index (Phi) is 8.56. The van der Waals surface area contributed by atoms with Crippen LogP contribution in [0.2, 0.25) is 0 Å². The topological polar surface area (TPSA) is 21.3 Å². The van der Waals surface area contributed by atoms with Crippen molar-refractivity contribution >= 4 is 0 Å². The van der Waals surface area contributed by atoms with Crippen molar-refractivity contribution in [3.05, 3.63) is 34.9 Å². The minimum atomic E-state index is 0.565. The molecule has 0 aliphatic heterocycles. The maximum Gasteiger partial charge on any atom is 0.0466 e. The van der Waals surface area contributed by atoms with Gasteiger partial charge in [0.05, 0.1) is 0 Å². The second kappa shape index (κ2) is 9.95. The fraction of sp³-hybridized carbons (Fsp3) is 0.667. The Labute approximate surface area is 124 Å². The highest BCUT2D eigenvalue weighted by molar-refractivity contribution is 5.34. The lowest BCUT2D eigenvalue weighted by molar-refractivity contribution is 0.140. The third kappa shape index (κ3) is 6.06. The van der Waals surface area contributed by atoms with E-state index in [4.69, 9.17) is 4.74 Å². The van der Waals surface area contributed by atoms with Crippen molar-refractivity contribution in [1.82, 2.24) is 5.32 Å². The van der Waals surface area contributed by atoms with Crippen molar-refractivity contribution in [3.63, 3.8) is 0 Å². The second-order valence-corrected chi connectivity index (χ2v) is 5.56. The highest BCUT2D eigenvalue weighted by Gasteiger charge is 2.11. The Bertz CT molecular complexity index is 355. The first-order valence-corrected chi connectivity index (χ1v) is 8.05. The van der Waals surface area contributed by atoms with E-state index in [1.54, 1.807) is 0 Å². The van der Waals surface area contributed by atoms with Gasteiger partial charge >= 0.3 is 0 Å². The largest absolute Gasteiger partial charge is 0.382 e. The van der Waals surface area contributed by atoms with Crippen LogP contribution in [0.3, 0.4) is 0 Å². The molecule has 1 rings (SSSR count). The van der Waals surface area contributed by atoms with Crippen molar-refractivity contribution < 1.29 is 4.74 Å². The highest BCUT2D eigenvalue weighted by atomic mass is 16.5. The van der Waals surface area contributed by atoms with E-state index in [1.165, 1.54) is 29.5 Å². The van der Waals surface area contributed by atoms with Crippen molar-refractivity contribution in [2.45, 2.75) is 59.4 Å². The van der Waals surface area contributed by atoms with Gasteiger partial charge in [0.15, 0.2) is 0 Å². The van der Waals surface area contributed by atoms with E-state index in [0.29, 0.717) is 6.04 Å². The summed E-state index contributed by atoms with van der Waals surface area (Å²) in [5.74, 6) is 0. The smallest absolute Gasteiger partial charge is 0.0466 e. The Balaban J connectivity index is 2.58. The van der Waals surface area contributed by atoms with Gasteiger partial charge in [-0.2, -0.15) is 0 Å². The second-order valence-electron chi connectivity index (χ2n) is 5.56. The number of rotatable bonds is 10. The molecule has 20 heavy (non-hydrogen) atoms. The van der Waals surface area contributed by atoms with Crippen molar-refractivity contribution in [3.8, 4) is 0 Å². The molecule has 114 valence electrons. The highest BCUT2D eigenvalue weighted by Crippen LogP contribution is 2.17. The molecule has 0 aliphatic carbocycles. The zero-order chi connectivity index (χ0) is 14.8. The molecule has 0 radical (unpaired) electrons. The standard InChI is InChI=1S/C18H31NO/c1-5-12-19-17(11-8-13-20-6-2)14-18-15(3)9-7-10-16(18)4/h7,9-10,17,19H,5-6,8,11-14H2,1-4H3. The summed E-state index contributed by atoms with van der Waals surface area (Å²) in [5.41, 5.74) is 4.34. The molecule has 0 fully saturated rings. The van der Waals surface area contributed by atoms with E-state index in [9.17, 15) is 0 Å². The first-order valence-electron chi connectivity index (χ1n) is 8.05. The molecular formula is C18H31NO. The lowest BCUT2D eigenvalue weighted by Gasteiger charge is -2.21. The average molecular weight is 277 g/mol. The van der Waals surface area contributed by atoms with E-state index in [1.807, 2.05) is 0 Å². The van der Waals surface area contributed by atoms with Gasteiger partial charge in [-0.3, -0.25) is 0 Å². The van der Waals surface area contributed by atoms with Crippen molar-refractivity contribution in [2.24, 2.45) is 0 Å². The van der Waals surface area contributed by atoms with E-state index >= 15 is 0 Å². The van der Waals surface area contributed by atoms with Crippen LogP contribution in [0.1, 0.15) is 49.8 Å². The molecule has 1 unspecified atom stereocenters. The van der Waals surface area contributed by atoms with Gasteiger partial charge in [-0.05, 0) is 69.7 Å². The van der Waals surface area contributed by atoms with Crippen LogP contribution in [-0.4, -0.2) is 25.8 Å². The predicted octanol–water partition coefficient (Wildman–Crippen LogP) is 4.03. The average Bonchev–Trinajstić information content (AvgIpc) is 2.44. The Morgan fingerprint density at radius 3 is 2.45 bits per heavy atom. The fourth-order valence-electron chi connectivity index (χ4n) is 2.62. The molecule has 2 heteroatoms. The molecule has 0 saturated carbocycles. The van der Waals surface area contributed by atoms with E-state index in [2.05, 4.69) is 51.2 Å². The van der Waals surface area contributed by atoms with Gasteiger partial charge in [0.1, 0.15) is 0 Å². The molecule has 2 nitrogen and oxygen atoms in total. The van der Waals surface area contributed by atoms with Crippen molar-refractivity contribution in [1.29, 1.82) is 0 Å². The maximum absolute atomic E-state index is 5.46. The zero-order valence-corrected chi connectivity index (χ0v) is 13.7. The van der Waals surface area contributed by atoms with Crippen LogP contribution < -0.4 is 5.32 Å². The van der Waals surface area contributed by atoms with Gasteiger partial charge in [-0.15, -0.1) is 0 Å². The van der Waals surface area contributed by atoms with Crippen molar-refractivity contribution in [2.75, 3.05) is 19.8 Å². The summed E-state index contributed by atoms with van der Waals surface area (Å²) in [7, 11) is 0. The van der Waals surface area contributed by atoms with Gasteiger partial charge in [0, 0.05) is 19.3 Å². The molecule has 0 heterocycles. The van der Waals surface area contributed by atoms with Crippen LogP contribution in [0.5, 0.6) is 0 Å². The van der Waals surface area contributed by atoms with Crippen LogP contribution in [0.25, 0.3) is 0 Å². The molecule has 0 bridgehead atoms. The van der Waals surface area contributed by atoms with E-state index < -0.39 is 0 Å². The predicted molar refractivity (Wildman–Crippen MR) is 87.4 cm³/mol. The van der Waals surface area contributed by atoms with Gasteiger partial charge in [-0.25, -0.2) is 0 Å². The number of nitrogens with one attached hydrogen (secondary N) is 1. The van der Waals surface area contributed by atoms with Gasteiger partial charge in [-0.1, -0.05) is 25.1 Å². The Morgan fingerprint density at radius 1 is 1.15 bits per heavy atom. The first kappa shape index (κ1) is 17.2. The van der Waals surface area contributed by atoms with Gasteiger partial charge in [0.2, 0.25) is 0 Å². The number of aryl methyl sites for hydroxylation is 2. The number of hydrogen-bond acceptors (Lipinski definition) is 2. The molecule has 0 aliphatic rings.